The molecule has 0 saturated heterocycles. The van der Waals surface area contributed by atoms with Gasteiger partial charge in [-0.1, -0.05) is 24.3 Å². The fourth-order valence-electron chi connectivity index (χ4n) is 1.97. The van der Waals surface area contributed by atoms with Gasteiger partial charge in [-0.15, -0.1) is 0 Å². The maximum Gasteiger partial charge on any atom is 0.315 e. The second kappa shape index (κ2) is 6.45. The molecule has 2 aromatic rings. The minimum Gasteiger partial charge on any atom is -0.466 e. The molecule has 0 aliphatic rings. The molecule has 1 heterocycles. The SMILES string of the molecule is Cc1ccccc1CNC(=O)NCC(C)(O)c1ccco1. The molecule has 0 bridgehead atoms. The number of carbonyl (C=O) groups is 1. The van der Waals surface area contributed by atoms with Crippen molar-refractivity contribution < 1.29 is 14.3 Å². The molecule has 2 amide bonds. The molecule has 0 aliphatic carbocycles. The number of rotatable bonds is 5. The quantitative estimate of drug-likeness (QED) is 0.790. The summed E-state index contributed by atoms with van der Waals surface area (Å²) in [6.45, 7) is 4.10. The molecule has 21 heavy (non-hydrogen) atoms. The number of carbonyl (C=O) groups excluding carboxylic acids is 1. The van der Waals surface area contributed by atoms with E-state index in [1.165, 1.54) is 6.26 Å². The molecular formula is C16H20N2O3. The smallest absolute Gasteiger partial charge is 0.315 e. The third-order valence-electron chi connectivity index (χ3n) is 3.35. The molecule has 5 heteroatoms. The van der Waals surface area contributed by atoms with Crippen LogP contribution in [0.15, 0.2) is 47.1 Å². The maximum absolute atomic E-state index is 11.8. The van der Waals surface area contributed by atoms with Gasteiger partial charge in [-0.05, 0) is 37.1 Å². The van der Waals surface area contributed by atoms with Crippen LogP contribution in [0.2, 0.25) is 0 Å². The monoisotopic (exact) mass is 288 g/mol. The topological polar surface area (TPSA) is 74.5 Å². The average molecular weight is 288 g/mol. The van der Waals surface area contributed by atoms with Gasteiger partial charge in [0, 0.05) is 6.54 Å². The van der Waals surface area contributed by atoms with E-state index in [0.29, 0.717) is 12.3 Å². The van der Waals surface area contributed by atoms with Gasteiger partial charge >= 0.3 is 6.03 Å². The van der Waals surface area contributed by atoms with E-state index in [-0.39, 0.29) is 12.6 Å². The second-order valence-corrected chi connectivity index (χ2v) is 5.21. The average Bonchev–Trinajstić information content (AvgIpc) is 2.99. The lowest BCUT2D eigenvalue weighted by Gasteiger charge is -2.21. The van der Waals surface area contributed by atoms with Crippen LogP contribution < -0.4 is 10.6 Å². The molecule has 0 fully saturated rings. The Morgan fingerprint density at radius 2 is 2.00 bits per heavy atom. The van der Waals surface area contributed by atoms with Gasteiger partial charge < -0.3 is 20.2 Å². The van der Waals surface area contributed by atoms with Crippen molar-refractivity contribution in [3.63, 3.8) is 0 Å². The van der Waals surface area contributed by atoms with Crippen LogP contribution in [0.4, 0.5) is 4.79 Å². The van der Waals surface area contributed by atoms with Crippen molar-refractivity contribution in [2.75, 3.05) is 6.54 Å². The van der Waals surface area contributed by atoms with Crippen LogP contribution in [0.3, 0.4) is 0 Å². The number of hydrogen-bond donors (Lipinski definition) is 3. The summed E-state index contributed by atoms with van der Waals surface area (Å²) in [5, 5.41) is 15.6. The number of hydrogen-bond acceptors (Lipinski definition) is 3. The van der Waals surface area contributed by atoms with E-state index in [2.05, 4.69) is 10.6 Å². The summed E-state index contributed by atoms with van der Waals surface area (Å²) in [5.74, 6) is 0.418. The van der Waals surface area contributed by atoms with Crippen LogP contribution in [-0.4, -0.2) is 17.7 Å². The number of urea groups is 1. The Hall–Kier alpha value is -2.27. The Kier molecular flexibility index (Phi) is 4.65. The highest BCUT2D eigenvalue weighted by molar-refractivity contribution is 5.73. The summed E-state index contributed by atoms with van der Waals surface area (Å²) in [6, 6.07) is 10.9. The fourth-order valence-corrected chi connectivity index (χ4v) is 1.97. The van der Waals surface area contributed by atoms with E-state index < -0.39 is 5.60 Å². The van der Waals surface area contributed by atoms with Crippen LogP contribution >= 0.6 is 0 Å². The number of aliphatic hydroxyl groups is 1. The highest BCUT2D eigenvalue weighted by Gasteiger charge is 2.26. The number of aryl methyl sites for hydroxylation is 1. The van der Waals surface area contributed by atoms with Crippen molar-refractivity contribution in [3.05, 3.63) is 59.5 Å². The lowest BCUT2D eigenvalue weighted by atomic mass is 10.0. The second-order valence-electron chi connectivity index (χ2n) is 5.21. The largest absolute Gasteiger partial charge is 0.466 e. The molecule has 0 spiro atoms. The normalized spacial score (nSPS) is 13.5. The van der Waals surface area contributed by atoms with E-state index >= 15 is 0 Å². The lowest BCUT2D eigenvalue weighted by Crippen LogP contribution is -2.43. The van der Waals surface area contributed by atoms with E-state index in [0.717, 1.165) is 11.1 Å². The summed E-state index contributed by atoms with van der Waals surface area (Å²) < 4.78 is 5.15. The van der Waals surface area contributed by atoms with Crippen molar-refractivity contribution in [2.24, 2.45) is 0 Å². The van der Waals surface area contributed by atoms with Gasteiger partial charge in [0.2, 0.25) is 0 Å². The van der Waals surface area contributed by atoms with Gasteiger partial charge in [0.25, 0.3) is 0 Å². The standard InChI is InChI=1S/C16H20N2O3/c1-12-6-3-4-7-13(12)10-17-15(19)18-11-16(2,20)14-8-5-9-21-14/h3-9,20H,10-11H2,1-2H3,(H2,17,18,19). The third kappa shape index (κ3) is 4.10. The first-order chi connectivity index (χ1) is 9.99. The zero-order chi connectivity index (χ0) is 15.3. The summed E-state index contributed by atoms with van der Waals surface area (Å²) in [4.78, 5) is 11.8. The van der Waals surface area contributed by atoms with Crippen molar-refractivity contribution >= 4 is 6.03 Å². The highest BCUT2D eigenvalue weighted by atomic mass is 16.4. The predicted octanol–water partition coefficient (Wildman–Crippen LogP) is 2.29. The minimum absolute atomic E-state index is 0.0696. The van der Waals surface area contributed by atoms with Gasteiger partial charge in [0.05, 0.1) is 12.8 Å². The van der Waals surface area contributed by atoms with Crippen LogP contribution in [-0.2, 0) is 12.1 Å². The number of nitrogens with one attached hydrogen (secondary N) is 2. The van der Waals surface area contributed by atoms with Crippen LogP contribution in [0, 0.1) is 6.92 Å². The van der Waals surface area contributed by atoms with Crippen molar-refractivity contribution in [1.82, 2.24) is 10.6 Å². The molecule has 3 N–H and O–H groups in total. The molecule has 112 valence electrons. The zero-order valence-corrected chi connectivity index (χ0v) is 12.2. The van der Waals surface area contributed by atoms with Crippen molar-refractivity contribution in [2.45, 2.75) is 26.0 Å². The summed E-state index contributed by atoms with van der Waals surface area (Å²) >= 11 is 0. The molecular weight excluding hydrogens is 268 g/mol. The van der Waals surface area contributed by atoms with Gasteiger partial charge in [-0.2, -0.15) is 0 Å². The molecule has 1 unspecified atom stereocenters. The van der Waals surface area contributed by atoms with E-state index in [1.807, 2.05) is 31.2 Å². The zero-order valence-electron chi connectivity index (χ0n) is 12.2. The molecule has 0 radical (unpaired) electrons. The Balaban J connectivity index is 1.82. The first-order valence-corrected chi connectivity index (χ1v) is 6.81. The highest BCUT2D eigenvalue weighted by Crippen LogP contribution is 2.19. The van der Waals surface area contributed by atoms with Crippen molar-refractivity contribution in [3.8, 4) is 0 Å². The fraction of sp³-hybridized carbons (Fsp3) is 0.312. The number of amides is 2. The molecule has 1 aromatic carbocycles. The Morgan fingerprint density at radius 3 is 2.67 bits per heavy atom. The number of benzene rings is 1. The molecule has 1 atom stereocenters. The van der Waals surface area contributed by atoms with E-state index in [9.17, 15) is 9.90 Å². The van der Waals surface area contributed by atoms with E-state index in [4.69, 9.17) is 4.42 Å². The minimum atomic E-state index is -1.23. The van der Waals surface area contributed by atoms with Crippen LogP contribution in [0.25, 0.3) is 0 Å². The van der Waals surface area contributed by atoms with Gasteiger partial charge in [0.15, 0.2) is 0 Å². The van der Waals surface area contributed by atoms with Gasteiger partial charge in [-0.3, -0.25) is 0 Å². The predicted molar refractivity (Wildman–Crippen MR) is 79.7 cm³/mol. The summed E-state index contributed by atoms with van der Waals surface area (Å²) in [5.41, 5.74) is 0.953. The van der Waals surface area contributed by atoms with Crippen LogP contribution in [0.5, 0.6) is 0 Å². The van der Waals surface area contributed by atoms with Gasteiger partial charge in [0.1, 0.15) is 11.4 Å². The molecule has 1 aromatic heterocycles. The molecule has 0 saturated carbocycles. The Morgan fingerprint density at radius 1 is 1.24 bits per heavy atom. The maximum atomic E-state index is 11.8. The van der Waals surface area contributed by atoms with Crippen LogP contribution in [0.1, 0.15) is 23.8 Å². The molecule has 2 rings (SSSR count). The molecule has 0 aliphatic heterocycles. The lowest BCUT2D eigenvalue weighted by molar-refractivity contribution is 0.0367. The first kappa shape index (κ1) is 15.1. The molecule has 5 nitrogen and oxygen atoms in total. The number of furan rings is 1. The summed E-state index contributed by atoms with van der Waals surface area (Å²) in [7, 11) is 0. The van der Waals surface area contributed by atoms with Gasteiger partial charge in [-0.25, -0.2) is 4.79 Å². The third-order valence-corrected chi connectivity index (χ3v) is 3.35. The van der Waals surface area contributed by atoms with E-state index in [1.54, 1.807) is 19.1 Å². The summed E-state index contributed by atoms with van der Waals surface area (Å²) in [6.07, 6.45) is 1.49. The Bertz CT molecular complexity index is 591. The van der Waals surface area contributed by atoms with Crippen molar-refractivity contribution in [1.29, 1.82) is 0 Å². The Labute approximate surface area is 124 Å². The first-order valence-electron chi connectivity index (χ1n) is 6.81.